The first kappa shape index (κ1) is 22.5. The minimum Gasteiger partial charge on any atom is -0.411 e. The van der Waals surface area contributed by atoms with Gasteiger partial charge in [-0.3, -0.25) is 4.79 Å². The van der Waals surface area contributed by atoms with Gasteiger partial charge in [0.15, 0.2) is 0 Å². The largest absolute Gasteiger partial charge is 0.411 e. The first-order valence-corrected chi connectivity index (χ1v) is 11.5. The molecule has 6 nitrogen and oxygen atoms in total. The van der Waals surface area contributed by atoms with Crippen LogP contribution in [0.2, 0.25) is 5.02 Å². The zero-order valence-electron chi connectivity index (χ0n) is 14.6. The molecule has 0 fully saturated rings. The lowest BCUT2D eigenvalue weighted by Crippen LogP contribution is -2.19. The van der Waals surface area contributed by atoms with Gasteiger partial charge in [0.25, 0.3) is 5.91 Å². The fraction of sp³-hybridized carbons (Fsp3) is 0.0556. The van der Waals surface area contributed by atoms with Crippen LogP contribution in [0.4, 0.5) is 5.69 Å². The Morgan fingerprint density at radius 1 is 1.17 bits per heavy atom. The average molecular weight is 670 g/mol. The van der Waals surface area contributed by atoms with Gasteiger partial charge in [0.1, 0.15) is 10.3 Å². The Balaban J connectivity index is 2.08. The fourth-order valence-electron chi connectivity index (χ4n) is 2.70. The molecule has 0 aliphatic rings. The van der Waals surface area contributed by atoms with Crippen molar-refractivity contribution in [2.24, 2.45) is 5.16 Å². The normalized spacial score (nSPS) is 11.2. The standard InChI is InChI=1S/C18H11Br4ClN4O2/c1-8-2-11(23)3-9(7-24-29)16(8)25-18(28)14-6-15(22)26-27(14)17-12(20)4-10(19)5-13(17)21/h2-7,29H,1H3,(H,25,28). The maximum absolute atomic E-state index is 13.1. The molecule has 0 saturated carbocycles. The van der Waals surface area contributed by atoms with Gasteiger partial charge in [-0.25, -0.2) is 4.68 Å². The van der Waals surface area contributed by atoms with E-state index in [2.05, 4.69) is 79.3 Å². The number of rotatable bonds is 4. The summed E-state index contributed by atoms with van der Waals surface area (Å²) in [7, 11) is 0. The molecule has 11 heteroatoms. The Morgan fingerprint density at radius 3 is 2.45 bits per heavy atom. The van der Waals surface area contributed by atoms with Crippen molar-refractivity contribution in [1.29, 1.82) is 0 Å². The van der Waals surface area contributed by atoms with Gasteiger partial charge in [-0.1, -0.05) is 32.7 Å². The van der Waals surface area contributed by atoms with Crippen molar-refractivity contribution in [3.8, 4) is 5.69 Å². The maximum atomic E-state index is 13.1. The van der Waals surface area contributed by atoms with Crippen LogP contribution in [0.1, 0.15) is 21.6 Å². The van der Waals surface area contributed by atoms with Crippen molar-refractivity contribution in [3.05, 3.63) is 70.2 Å². The highest BCUT2D eigenvalue weighted by atomic mass is 79.9. The molecule has 2 aromatic carbocycles. The van der Waals surface area contributed by atoms with Gasteiger partial charge >= 0.3 is 0 Å². The number of halogens is 5. The van der Waals surface area contributed by atoms with Crippen LogP contribution in [-0.4, -0.2) is 27.1 Å². The van der Waals surface area contributed by atoms with Crippen LogP contribution in [0, 0.1) is 6.92 Å². The second-order valence-electron chi connectivity index (χ2n) is 5.87. The summed E-state index contributed by atoms with van der Waals surface area (Å²) in [5, 5.41) is 19.7. The number of aryl methyl sites for hydroxylation is 1. The van der Waals surface area contributed by atoms with Crippen molar-refractivity contribution < 1.29 is 10.0 Å². The number of anilines is 1. The van der Waals surface area contributed by atoms with E-state index in [4.69, 9.17) is 16.8 Å². The molecule has 150 valence electrons. The van der Waals surface area contributed by atoms with E-state index in [-0.39, 0.29) is 0 Å². The average Bonchev–Trinajstić information content (AvgIpc) is 2.98. The maximum Gasteiger partial charge on any atom is 0.274 e. The van der Waals surface area contributed by atoms with Gasteiger partial charge < -0.3 is 10.5 Å². The molecule has 0 unspecified atom stereocenters. The van der Waals surface area contributed by atoms with Gasteiger partial charge in [0.2, 0.25) is 0 Å². The van der Waals surface area contributed by atoms with Crippen LogP contribution in [0.5, 0.6) is 0 Å². The molecule has 0 atom stereocenters. The number of aromatic nitrogens is 2. The molecule has 1 heterocycles. The van der Waals surface area contributed by atoms with E-state index >= 15 is 0 Å². The Hall–Kier alpha value is -1.20. The summed E-state index contributed by atoms with van der Waals surface area (Å²) in [4.78, 5) is 13.1. The van der Waals surface area contributed by atoms with Gasteiger partial charge in [0, 0.05) is 30.1 Å². The molecule has 0 saturated heterocycles. The fourth-order valence-corrected chi connectivity index (χ4v) is 5.95. The third-order valence-corrected chi connectivity index (χ3v) is 6.14. The van der Waals surface area contributed by atoms with Crippen molar-refractivity contribution in [1.82, 2.24) is 9.78 Å². The minimum atomic E-state index is -0.400. The summed E-state index contributed by atoms with van der Waals surface area (Å²) in [6.07, 6.45) is 1.21. The van der Waals surface area contributed by atoms with Crippen LogP contribution in [-0.2, 0) is 0 Å². The molecular weight excluding hydrogens is 659 g/mol. The molecule has 0 radical (unpaired) electrons. The molecule has 3 aromatic rings. The van der Waals surface area contributed by atoms with E-state index in [0.29, 0.717) is 32.3 Å². The molecule has 1 amide bonds. The summed E-state index contributed by atoms with van der Waals surface area (Å²) in [6, 6.07) is 8.63. The number of nitrogens with zero attached hydrogens (tertiary/aromatic N) is 3. The minimum absolute atomic E-state index is 0.293. The van der Waals surface area contributed by atoms with Crippen LogP contribution >= 0.6 is 75.3 Å². The van der Waals surface area contributed by atoms with Crippen LogP contribution in [0.25, 0.3) is 5.69 Å². The lowest BCUT2D eigenvalue weighted by molar-refractivity contribution is 0.101. The van der Waals surface area contributed by atoms with Gasteiger partial charge in [-0.15, -0.1) is 0 Å². The molecular formula is C18H11Br4ClN4O2. The smallest absolute Gasteiger partial charge is 0.274 e. The summed E-state index contributed by atoms with van der Waals surface area (Å²) in [5.74, 6) is -0.400. The highest BCUT2D eigenvalue weighted by Gasteiger charge is 2.21. The molecule has 29 heavy (non-hydrogen) atoms. The molecule has 2 N–H and O–H groups in total. The van der Waals surface area contributed by atoms with Crippen LogP contribution in [0.3, 0.4) is 0 Å². The van der Waals surface area contributed by atoms with Crippen molar-refractivity contribution >= 4 is 93.1 Å². The molecule has 0 aliphatic heterocycles. The SMILES string of the molecule is Cc1cc(Cl)cc(C=NO)c1NC(=O)c1cc(Br)nn1-c1c(Br)cc(Br)cc1Br. The topological polar surface area (TPSA) is 79.5 Å². The van der Waals surface area contributed by atoms with E-state index in [9.17, 15) is 4.79 Å². The highest BCUT2D eigenvalue weighted by molar-refractivity contribution is 9.11. The zero-order chi connectivity index (χ0) is 21.3. The monoisotopic (exact) mass is 666 g/mol. The molecule has 1 aromatic heterocycles. The number of nitrogens with one attached hydrogen (secondary N) is 1. The predicted molar refractivity (Wildman–Crippen MR) is 128 cm³/mol. The first-order valence-electron chi connectivity index (χ1n) is 7.90. The van der Waals surface area contributed by atoms with Gasteiger partial charge in [-0.05, 0) is 84.5 Å². The van der Waals surface area contributed by atoms with Gasteiger partial charge in [0.05, 0.1) is 17.6 Å². The second-order valence-corrected chi connectivity index (χ2v) is 9.74. The van der Waals surface area contributed by atoms with Crippen molar-refractivity contribution in [2.75, 3.05) is 5.32 Å². The third-order valence-electron chi connectivity index (χ3n) is 3.87. The Kier molecular flexibility index (Phi) is 7.21. The Labute approximate surface area is 204 Å². The summed E-state index contributed by atoms with van der Waals surface area (Å²) < 4.78 is 4.35. The van der Waals surface area contributed by atoms with E-state index in [1.165, 1.54) is 10.9 Å². The lowest BCUT2D eigenvalue weighted by atomic mass is 10.1. The Morgan fingerprint density at radius 2 is 1.83 bits per heavy atom. The number of amides is 1. The third kappa shape index (κ3) is 4.93. The number of benzene rings is 2. The molecule has 0 aliphatic carbocycles. The van der Waals surface area contributed by atoms with Crippen molar-refractivity contribution in [2.45, 2.75) is 6.92 Å². The number of oxime groups is 1. The first-order chi connectivity index (χ1) is 13.7. The Bertz CT molecular complexity index is 1120. The predicted octanol–water partition coefficient (Wildman–Crippen LogP) is 6.94. The van der Waals surface area contributed by atoms with Crippen LogP contribution in [0.15, 0.2) is 53.5 Å². The second kappa shape index (κ2) is 9.30. The highest BCUT2D eigenvalue weighted by Crippen LogP contribution is 2.34. The molecule has 0 spiro atoms. The summed E-state index contributed by atoms with van der Waals surface area (Å²) in [5.41, 5.74) is 2.63. The number of carbonyl (C=O) groups is 1. The summed E-state index contributed by atoms with van der Waals surface area (Å²) in [6.45, 7) is 1.80. The number of hydrogen-bond acceptors (Lipinski definition) is 4. The van der Waals surface area contributed by atoms with Crippen molar-refractivity contribution in [3.63, 3.8) is 0 Å². The van der Waals surface area contributed by atoms with Crippen LogP contribution < -0.4 is 5.32 Å². The number of hydrogen-bond donors (Lipinski definition) is 2. The number of carbonyl (C=O) groups excluding carboxylic acids is 1. The molecule has 0 bridgehead atoms. The van der Waals surface area contributed by atoms with E-state index in [0.717, 1.165) is 19.0 Å². The summed E-state index contributed by atoms with van der Waals surface area (Å²) >= 11 is 19.9. The van der Waals surface area contributed by atoms with E-state index < -0.39 is 5.91 Å². The molecule has 3 rings (SSSR count). The lowest BCUT2D eigenvalue weighted by Gasteiger charge is -2.14. The van der Waals surface area contributed by atoms with E-state index in [1.54, 1.807) is 25.1 Å². The zero-order valence-corrected chi connectivity index (χ0v) is 21.7. The van der Waals surface area contributed by atoms with Gasteiger partial charge in [-0.2, -0.15) is 5.10 Å². The van der Waals surface area contributed by atoms with E-state index in [1.807, 2.05) is 12.1 Å². The quantitative estimate of drug-likeness (QED) is 0.179.